The fourth-order valence-electron chi connectivity index (χ4n) is 1.12. The first-order valence-electron chi connectivity index (χ1n) is 3.52. The second kappa shape index (κ2) is 3.01. The fraction of sp³-hybridized carbons (Fsp3) is 0.857. The van der Waals surface area contributed by atoms with Gasteiger partial charge in [-0.15, -0.1) is 0 Å². The summed E-state index contributed by atoms with van der Waals surface area (Å²) in [6, 6.07) is 0. The molecular formula is C7H13NO2. The Bertz CT molecular complexity index is 134. The summed E-state index contributed by atoms with van der Waals surface area (Å²) in [4.78, 5) is 12.6. The molecule has 58 valence electrons. The SMILES string of the molecule is CN(C)C[C@@H]1CCC(=O)O1. The van der Waals surface area contributed by atoms with Crippen molar-refractivity contribution in [3.8, 4) is 0 Å². The molecule has 0 N–H and O–H groups in total. The van der Waals surface area contributed by atoms with Crippen LogP contribution in [0.3, 0.4) is 0 Å². The van der Waals surface area contributed by atoms with Gasteiger partial charge in [-0.05, 0) is 20.5 Å². The normalized spacial score (nSPS) is 25.5. The lowest BCUT2D eigenvalue weighted by molar-refractivity contribution is -0.141. The first kappa shape index (κ1) is 7.54. The van der Waals surface area contributed by atoms with Crippen molar-refractivity contribution >= 4 is 5.97 Å². The van der Waals surface area contributed by atoms with Crippen LogP contribution in [0, 0.1) is 0 Å². The maximum absolute atomic E-state index is 10.6. The van der Waals surface area contributed by atoms with Crippen molar-refractivity contribution in [2.45, 2.75) is 18.9 Å². The average molecular weight is 143 g/mol. The van der Waals surface area contributed by atoms with Crippen molar-refractivity contribution in [2.75, 3.05) is 20.6 Å². The number of ether oxygens (including phenoxy) is 1. The summed E-state index contributed by atoms with van der Waals surface area (Å²) in [5.74, 6) is -0.0492. The number of carbonyl (C=O) groups is 1. The first-order valence-corrected chi connectivity index (χ1v) is 3.52. The van der Waals surface area contributed by atoms with Crippen LogP contribution < -0.4 is 0 Å². The molecule has 0 aromatic rings. The van der Waals surface area contributed by atoms with Gasteiger partial charge in [0.2, 0.25) is 0 Å². The minimum Gasteiger partial charge on any atom is -0.461 e. The second-order valence-corrected chi connectivity index (χ2v) is 2.91. The quantitative estimate of drug-likeness (QED) is 0.519. The highest BCUT2D eigenvalue weighted by atomic mass is 16.5. The van der Waals surface area contributed by atoms with Crippen LogP contribution >= 0.6 is 0 Å². The predicted octanol–water partition coefficient (Wildman–Crippen LogP) is 0.254. The summed E-state index contributed by atoms with van der Waals surface area (Å²) in [6.45, 7) is 0.853. The zero-order chi connectivity index (χ0) is 7.56. The Hall–Kier alpha value is -0.570. The Kier molecular flexibility index (Phi) is 2.27. The fourth-order valence-corrected chi connectivity index (χ4v) is 1.12. The summed E-state index contributed by atoms with van der Waals surface area (Å²) in [5, 5.41) is 0. The number of nitrogens with zero attached hydrogens (tertiary/aromatic N) is 1. The molecule has 1 heterocycles. The molecule has 0 aromatic heterocycles. The lowest BCUT2D eigenvalue weighted by atomic mass is 10.2. The van der Waals surface area contributed by atoms with E-state index < -0.39 is 0 Å². The van der Waals surface area contributed by atoms with Crippen LogP contribution in [0.2, 0.25) is 0 Å². The van der Waals surface area contributed by atoms with Crippen molar-refractivity contribution in [3.05, 3.63) is 0 Å². The largest absolute Gasteiger partial charge is 0.461 e. The minimum absolute atomic E-state index is 0.0492. The number of rotatable bonds is 2. The Labute approximate surface area is 61.0 Å². The van der Waals surface area contributed by atoms with Gasteiger partial charge in [-0.2, -0.15) is 0 Å². The molecule has 0 aromatic carbocycles. The molecule has 0 radical (unpaired) electrons. The Morgan fingerprint density at radius 1 is 1.70 bits per heavy atom. The molecule has 1 atom stereocenters. The third kappa shape index (κ3) is 1.99. The molecule has 0 aliphatic carbocycles. The maximum Gasteiger partial charge on any atom is 0.306 e. The van der Waals surface area contributed by atoms with E-state index >= 15 is 0 Å². The van der Waals surface area contributed by atoms with Crippen LogP contribution in [0.4, 0.5) is 0 Å². The van der Waals surface area contributed by atoms with Crippen molar-refractivity contribution in [2.24, 2.45) is 0 Å². The number of cyclic esters (lactones) is 1. The Morgan fingerprint density at radius 3 is 2.80 bits per heavy atom. The van der Waals surface area contributed by atoms with E-state index in [1.807, 2.05) is 19.0 Å². The highest BCUT2D eigenvalue weighted by Crippen LogP contribution is 2.13. The van der Waals surface area contributed by atoms with Gasteiger partial charge < -0.3 is 9.64 Å². The molecule has 1 rings (SSSR count). The van der Waals surface area contributed by atoms with Gasteiger partial charge in [0.1, 0.15) is 6.10 Å². The maximum atomic E-state index is 10.6. The first-order chi connectivity index (χ1) is 4.68. The van der Waals surface area contributed by atoms with Crippen molar-refractivity contribution in [3.63, 3.8) is 0 Å². The number of carbonyl (C=O) groups excluding carboxylic acids is 1. The standard InChI is InChI=1S/C7H13NO2/c1-8(2)5-6-3-4-7(9)10-6/h6H,3-5H2,1-2H3/t6-/m0/s1. The topological polar surface area (TPSA) is 29.5 Å². The zero-order valence-electron chi connectivity index (χ0n) is 6.46. The molecule has 10 heavy (non-hydrogen) atoms. The van der Waals surface area contributed by atoms with Crippen molar-refractivity contribution in [1.82, 2.24) is 4.90 Å². The van der Waals surface area contributed by atoms with E-state index in [9.17, 15) is 4.79 Å². The summed E-state index contributed by atoms with van der Waals surface area (Å²) < 4.78 is 4.99. The van der Waals surface area contributed by atoms with Gasteiger partial charge in [-0.25, -0.2) is 0 Å². The van der Waals surface area contributed by atoms with Crippen LogP contribution in [-0.4, -0.2) is 37.6 Å². The summed E-state index contributed by atoms with van der Waals surface area (Å²) in [6.07, 6.45) is 1.62. The predicted molar refractivity (Wildman–Crippen MR) is 37.7 cm³/mol. The molecule has 3 nitrogen and oxygen atoms in total. The molecule has 0 unspecified atom stereocenters. The molecule has 0 saturated carbocycles. The number of hydrogen-bond donors (Lipinski definition) is 0. The van der Waals surface area contributed by atoms with E-state index in [-0.39, 0.29) is 12.1 Å². The number of likely N-dealkylation sites (N-methyl/N-ethyl adjacent to an activating group) is 1. The van der Waals surface area contributed by atoms with Crippen LogP contribution in [0.1, 0.15) is 12.8 Å². The second-order valence-electron chi connectivity index (χ2n) is 2.91. The molecular weight excluding hydrogens is 130 g/mol. The van der Waals surface area contributed by atoms with E-state index in [1.165, 1.54) is 0 Å². The summed E-state index contributed by atoms with van der Waals surface area (Å²) in [7, 11) is 3.96. The van der Waals surface area contributed by atoms with Crippen LogP contribution in [-0.2, 0) is 9.53 Å². The smallest absolute Gasteiger partial charge is 0.306 e. The number of esters is 1. The highest BCUT2D eigenvalue weighted by Gasteiger charge is 2.23. The van der Waals surface area contributed by atoms with Crippen molar-refractivity contribution in [1.29, 1.82) is 0 Å². The zero-order valence-corrected chi connectivity index (χ0v) is 6.46. The molecule has 1 aliphatic rings. The summed E-state index contributed by atoms with van der Waals surface area (Å²) >= 11 is 0. The van der Waals surface area contributed by atoms with Gasteiger partial charge in [0.15, 0.2) is 0 Å². The van der Waals surface area contributed by atoms with Gasteiger partial charge in [0, 0.05) is 13.0 Å². The van der Waals surface area contributed by atoms with Gasteiger partial charge >= 0.3 is 5.97 Å². The van der Waals surface area contributed by atoms with E-state index in [0.717, 1.165) is 13.0 Å². The monoisotopic (exact) mass is 143 g/mol. The molecule has 1 saturated heterocycles. The highest BCUT2D eigenvalue weighted by molar-refractivity contribution is 5.71. The number of hydrogen-bond acceptors (Lipinski definition) is 3. The van der Waals surface area contributed by atoms with Crippen LogP contribution in [0.15, 0.2) is 0 Å². The van der Waals surface area contributed by atoms with Gasteiger partial charge in [-0.3, -0.25) is 4.79 Å². The van der Waals surface area contributed by atoms with Gasteiger partial charge in [0.05, 0.1) is 0 Å². The summed E-state index contributed by atoms with van der Waals surface area (Å²) in [5.41, 5.74) is 0. The minimum atomic E-state index is -0.0492. The Balaban J connectivity index is 2.24. The molecule has 3 heteroatoms. The van der Waals surface area contributed by atoms with Gasteiger partial charge in [0.25, 0.3) is 0 Å². The third-order valence-electron chi connectivity index (χ3n) is 1.54. The van der Waals surface area contributed by atoms with E-state index in [4.69, 9.17) is 4.74 Å². The van der Waals surface area contributed by atoms with E-state index in [1.54, 1.807) is 0 Å². The average Bonchev–Trinajstić information content (AvgIpc) is 2.13. The van der Waals surface area contributed by atoms with Crippen molar-refractivity contribution < 1.29 is 9.53 Å². The third-order valence-corrected chi connectivity index (χ3v) is 1.54. The van der Waals surface area contributed by atoms with Gasteiger partial charge in [-0.1, -0.05) is 0 Å². The molecule has 1 aliphatic heterocycles. The molecule has 1 fully saturated rings. The van der Waals surface area contributed by atoms with Crippen LogP contribution in [0.25, 0.3) is 0 Å². The lowest BCUT2D eigenvalue weighted by Gasteiger charge is -2.14. The van der Waals surface area contributed by atoms with Crippen LogP contribution in [0.5, 0.6) is 0 Å². The molecule has 0 amide bonds. The lowest BCUT2D eigenvalue weighted by Crippen LogP contribution is -2.25. The molecule has 0 spiro atoms. The van der Waals surface area contributed by atoms with E-state index in [0.29, 0.717) is 6.42 Å². The Morgan fingerprint density at radius 2 is 2.40 bits per heavy atom. The van der Waals surface area contributed by atoms with E-state index in [2.05, 4.69) is 0 Å². The molecule has 0 bridgehead atoms.